The van der Waals surface area contributed by atoms with Gasteiger partial charge in [-0.1, -0.05) is 31.2 Å². The van der Waals surface area contributed by atoms with Crippen LogP contribution in [0.5, 0.6) is 0 Å². The molecule has 1 aromatic rings. The molecule has 0 aliphatic rings. The lowest BCUT2D eigenvalue weighted by Crippen LogP contribution is -2.30. The number of carboxylic acids is 1. The molecule has 0 saturated heterocycles. The molecule has 0 radical (unpaired) electrons. The standard InChI is InChI=1S/C10H13BO4/c1-7(10(12)13)5-8-3-2-4-9(6-8)11(14)15/h2-4,6-7,14-15H,5H2,1H3,(H,12,13). The summed E-state index contributed by atoms with van der Waals surface area (Å²) in [7, 11) is -1.51. The van der Waals surface area contributed by atoms with Crippen LogP contribution >= 0.6 is 0 Å². The molecule has 0 amide bonds. The highest BCUT2D eigenvalue weighted by molar-refractivity contribution is 6.58. The smallest absolute Gasteiger partial charge is 0.481 e. The van der Waals surface area contributed by atoms with Crippen molar-refractivity contribution in [3.8, 4) is 0 Å². The number of rotatable bonds is 4. The highest BCUT2D eigenvalue weighted by Crippen LogP contribution is 2.07. The Bertz CT molecular complexity index is 351. The largest absolute Gasteiger partial charge is 0.488 e. The number of hydrogen-bond donors (Lipinski definition) is 3. The molecule has 1 aromatic carbocycles. The highest BCUT2D eigenvalue weighted by atomic mass is 16.4. The fraction of sp³-hybridized carbons (Fsp3) is 0.300. The summed E-state index contributed by atoms with van der Waals surface area (Å²) in [4.78, 5) is 10.6. The molecule has 80 valence electrons. The van der Waals surface area contributed by atoms with Crippen molar-refractivity contribution < 1.29 is 19.9 Å². The summed E-state index contributed by atoms with van der Waals surface area (Å²) in [5, 5.41) is 26.6. The normalized spacial score (nSPS) is 12.2. The van der Waals surface area contributed by atoms with Crippen LogP contribution in [-0.4, -0.2) is 28.2 Å². The zero-order chi connectivity index (χ0) is 11.4. The van der Waals surface area contributed by atoms with Crippen molar-refractivity contribution in [1.29, 1.82) is 0 Å². The molecule has 5 heteroatoms. The van der Waals surface area contributed by atoms with E-state index >= 15 is 0 Å². The van der Waals surface area contributed by atoms with Crippen LogP contribution in [0.1, 0.15) is 12.5 Å². The summed E-state index contributed by atoms with van der Waals surface area (Å²) < 4.78 is 0. The molecule has 0 saturated carbocycles. The lowest BCUT2D eigenvalue weighted by atomic mass is 9.79. The van der Waals surface area contributed by atoms with Crippen LogP contribution in [0, 0.1) is 5.92 Å². The van der Waals surface area contributed by atoms with Crippen molar-refractivity contribution in [2.45, 2.75) is 13.3 Å². The van der Waals surface area contributed by atoms with E-state index in [9.17, 15) is 4.79 Å². The van der Waals surface area contributed by atoms with Gasteiger partial charge in [-0.25, -0.2) is 0 Å². The first kappa shape index (κ1) is 11.7. The third-order valence-electron chi connectivity index (χ3n) is 2.21. The van der Waals surface area contributed by atoms with E-state index in [0.717, 1.165) is 5.56 Å². The lowest BCUT2D eigenvalue weighted by molar-refractivity contribution is -0.141. The third-order valence-corrected chi connectivity index (χ3v) is 2.21. The van der Waals surface area contributed by atoms with Gasteiger partial charge in [0.1, 0.15) is 0 Å². The van der Waals surface area contributed by atoms with Crippen LogP contribution in [0.4, 0.5) is 0 Å². The van der Waals surface area contributed by atoms with Gasteiger partial charge >= 0.3 is 13.1 Å². The molecule has 0 fully saturated rings. The molecular formula is C10H13BO4. The molecular weight excluding hydrogens is 195 g/mol. The van der Waals surface area contributed by atoms with Crippen molar-refractivity contribution >= 4 is 18.6 Å². The number of carboxylic acid groups (broad SMARTS) is 1. The average Bonchev–Trinajstić information content (AvgIpc) is 2.18. The van der Waals surface area contributed by atoms with E-state index < -0.39 is 19.0 Å². The minimum absolute atomic E-state index is 0.380. The number of hydrogen-bond acceptors (Lipinski definition) is 3. The molecule has 0 aliphatic heterocycles. The number of carbonyl (C=O) groups is 1. The van der Waals surface area contributed by atoms with Gasteiger partial charge in [0.05, 0.1) is 5.92 Å². The molecule has 4 nitrogen and oxygen atoms in total. The molecule has 1 rings (SSSR count). The second-order valence-corrected chi connectivity index (χ2v) is 3.56. The first-order valence-corrected chi connectivity index (χ1v) is 4.68. The van der Waals surface area contributed by atoms with Crippen LogP contribution < -0.4 is 5.46 Å². The zero-order valence-electron chi connectivity index (χ0n) is 8.42. The average molecular weight is 208 g/mol. The Morgan fingerprint density at radius 3 is 2.67 bits per heavy atom. The Labute approximate surface area is 88.3 Å². The monoisotopic (exact) mass is 208 g/mol. The maximum atomic E-state index is 10.6. The quantitative estimate of drug-likeness (QED) is 0.590. The fourth-order valence-electron chi connectivity index (χ4n) is 1.32. The number of aliphatic carboxylic acids is 1. The van der Waals surface area contributed by atoms with Crippen LogP contribution in [0.2, 0.25) is 0 Å². The summed E-state index contributed by atoms with van der Waals surface area (Å²) in [6, 6.07) is 6.63. The van der Waals surface area contributed by atoms with Gasteiger partial charge in [0.15, 0.2) is 0 Å². The second-order valence-electron chi connectivity index (χ2n) is 3.56. The summed E-state index contributed by atoms with van der Waals surface area (Å²) >= 11 is 0. The van der Waals surface area contributed by atoms with E-state index in [1.807, 2.05) is 0 Å². The minimum atomic E-state index is -1.51. The van der Waals surface area contributed by atoms with Gasteiger partial charge in [-0.05, 0) is 17.4 Å². The molecule has 0 aliphatic carbocycles. The fourth-order valence-corrected chi connectivity index (χ4v) is 1.32. The molecule has 3 N–H and O–H groups in total. The van der Waals surface area contributed by atoms with Crippen molar-refractivity contribution in [2.75, 3.05) is 0 Å². The summed E-state index contributed by atoms with van der Waals surface area (Å²) in [6.07, 6.45) is 0.385. The first-order valence-electron chi connectivity index (χ1n) is 4.68. The molecule has 0 spiro atoms. The van der Waals surface area contributed by atoms with Crippen LogP contribution in [0.3, 0.4) is 0 Å². The van der Waals surface area contributed by atoms with Gasteiger partial charge in [-0.15, -0.1) is 0 Å². The summed E-state index contributed by atoms with van der Waals surface area (Å²) in [5.74, 6) is -1.33. The predicted octanol–water partition coefficient (Wildman–Crippen LogP) is -0.370. The Kier molecular flexibility index (Phi) is 3.88. The highest BCUT2D eigenvalue weighted by Gasteiger charge is 2.14. The van der Waals surface area contributed by atoms with Gasteiger partial charge in [-0.3, -0.25) is 4.79 Å². The Morgan fingerprint density at radius 1 is 1.47 bits per heavy atom. The Balaban J connectivity index is 2.78. The van der Waals surface area contributed by atoms with Crippen LogP contribution in [0.15, 0.2) is 24.3 Å². The second kappa shape index (κ2) is 4.95. The van der Waals surface area contributed by atoms with Gasteiger partial charge < -0.3 is 15.2 Å². The molecule has 15 heavy (non-hydrogen) atoms. The van der Waals surface area contributed by atoms with E-state index in [1.165, 1.54) is 0 Å². The minimum Gasteiger partial charge on any atom is -0.481 e. The van der Waals surface area contributed by atoms with E-state index in [2.05, 4.69) is 0 Å². The van der Waals surface area contributed by atoms with Gasteiger partial charge in [0, 0.05) is 0 Å². The van der Waals surface area contributed by atoms with E-state index in [4.69, 9.17) is 15.2 Å². The third kappa shape index (κ3) is 3.38. The topological polar surface area (TPSA) is 77.8 Å². The Hall–Kier alpha value is -1.33. The van der Waals surface area contributed by atoms with E-state index in [1.54, 1.807) is 31.2 Å². The molecule has 1 unspecified atom stereocenters. The first-order chi connectivity index (χ1) is 7.00. The summed E-state index contributed by atoms with van der Waals surface area (Å²) in [5.41, 5.74) is 1.17. The van der Waals surface area contributed by atoms with Crippen molar-refractivity contribution in [3.63, 3.8) is 0 Å². The van der Waals surface area contributed by atoms with Crippen molar-refractivity contribution in [1.82, 2.24) is 0 Å². The maximum Gasteiger partial charge on any atom is 0.488 e. The molecule has 0 bridgehead atoms. The number of benzene rings is 1. The van der Waals surface area contributed by atoms with Crippen molar-refractivity contribution in [3.05, 3.63) is 29.8 Å². The summed E-state index contributed by atoms with van der Waals surface area (Å²) in [6.45, 7) is 1.62. The lowest BCUT2D eigenvalue weighted by Gasteiger charge is -2.07. The van der Waals surface area contributed by atoms with E-state index in [-0.39, 0.29) is 0 Å². The SMILES string of the molecule is CC(Cc1cccc(B(O)O)c1)C(=O)O. The van der Waals surface area contributed by atoms with Gasteiger partial charge in [0.2, 0.25) is 0 Å². The van der Waals surface area contributed by atoms with Crippen LogP contribution in [0.25, 0.3) is 0 Å². The Morgan fingerprint density at radius 2 is 2.13 bits per heavy atom. The molecule has 0 heterocycles. The van der Waals surface area contributed by atoms with Gasteiger partial charge in [-0.2, -0.15) is 0 Å². The van der Waals surface area contributed by atoms with Crippen LogP contribution in [-0.2, 0) is 11.2 Å². The zero-order valence-corrected chi connectivity index (χ0v) is 8.42. The molecule has 1 atom stereocenters. The molecule has 0 aromatic heterocycles. The maximum absolute atomic E-state index is 10.6. The predicted molar refractivity (Wildman–Crippen MR) is 56.8 cm³/mol. The van der Waals surface area contributed by atoms with Gasteiger partial charge in [0.25, 0.3) is 0 Å². The van der Waals surface area contributed by atoms with E-state index in [0.29, 0.717) is 11.9 Å². The van der Waals surface area contributed by atoms with Crippen molar-refractivity contribution in [2.24, 2.45) is 5.92 Å².